The zero-order valence-electron chi connectivity index (χ0n) is 11.2. The highest BCUT2D eigenvalue weighted by molar-refractivity contribution is 7.89. The maximum atomic E-state index is 12.4. The first-order valence-electron chi connectivity index (χ1n) is 6.43. The molecule has 1 saturated heterocycles. The van der Waals surface area contributed by atoms with Crippen LogP contribution in [0.2, 0.25) is 5.02 Å². The highest BCUT2D eigenvalue weighted by Gasteiger charge is 2.22. The normalized spacial score (nSPS) is 16.2. The van der Waals surface area contributed by atoms with Crippen molar-refractivity contribution in [2.45, 2.75) is 31.1 Å². The average Bonchev–Trinajstić information content (AvgIpc) is 2.40. The SMILES string of the molecule is Cc1c(Cl)cc(C(=O)N2CCCCC2)cc1S(N)(=O)=O. The molecule has 0 unspecified atom stereocenters. The maximum Gasteiger partial charge on any atom is 0.253 e. The molecular formula is C13H17ClN2O3S. The monoisotopic (exact) mass is 316 g/mol. The van der Waals surface area contributed by atoms with Gasteiger partial charge in [0, 0.05) is 23.7 Å². The molecule has 0 spiro atoms. The number of halogens is 1. The van der Waals surface area contributed by atoms with Crippen molar-refractivity contribution in [2.24, 2.45) is 5.14 Å². The molecule has 0 bridgehead atoms. The number of nitrogens with zero attached hydrogens (tertiary/aromatic N) is 1. The van der Waals surface area contributed by atoms with E-state index in [1.807, 2.05) is 0 Å². The van der Waals surface area contributed by atoms with Crippen LogP contribution in [0.25, 0.3) is 0 Å². The summed E-state index contributed by atoms with van der Waals surface area (Å²) < 4.78 is 23.1. The van der Waals surface area contributed by atoms with E-state index < -0.39 is 10.0 Å². The molecular weight excluding hydrogens is 300 g/mol. The van der Waals surface area contributed by atoms with Crippen LogP contribution in [0.15, 0.2) is 17.0 Å². The number of primary sulfonamides is 1. The van der Waals surface area contributed by atoms with Gasteiger partial charge in [0.25, 0.3) is 5.91 Å². The average molecular weight is 317 g/mol. The fourth-order valence-electron chi connectivity index (χ4n) is 2.35. The van der Waals surface area contributed by atoms with Gasteiger partial charge in [-0.3, -0.25) is 4.79 Å². The Bertz CT molecular complexity index is 637. The largest absolute Gasteiger partial charge is 0.339 e. The van der Waals surface area contributed by atoms with Crippen molar-refractivity contribution < 1.29 is 13.2 Å². The number of nitrogens with two attached hydrogens (primary N) is 1. The van der Waals surface area contributed by atoms with Gasteiger partial charge in [0.1, 0.15) is 0 Å². The molecule has 1 aliphatic heterocycles. The molecule has 1 fully saturated rings. The number of amides is 1. The van der Waals surface area contributed by atoms with Crippen molar-refractivity contribution in [1.29, 1.82) is 0 Å². The van der Waals surface area contributed by atoms with Gasteiger partial charge in [0.15, 0.2) is 0 Å². The van der Waals surface area contributed by atoms with E-state index >= 15 is 0 Å². The molecule has 20 heavy (non-hydrogen) atoms. The van der Waals surface area contributed by atoms with E-state index in [1.165, 1.54) is 12.1 Å². The lowest BCUT2D eigenvalue weighted by Gasteiger charge is -2.27. The van der Waals surface area contributed by atoms with E-state index in [2.05, 4.69) is 0 Å². The Kier molecular flexibility index (Phi) is 4.36. The number of hydrogen-bond donors (Lipinski definition) is 1. The molecule has 1 aromatic rings. The fraction of sp³-hybridized carbons (Fsp3) is 0.462. The predicted molar refractivity (Wildman–Crippen MR) is 77.3 cm³/mol. The Labute approximate surface area is 123 Å². The highest BCUT2D eigenvalue weighted by Crippen LogP contribution is 2.26. The zero-order valence-corrected chi connectivity index (χ0v) is 12.8. The summed E-state index contributed by atoms with van der Waals surface area (Å²) >= 11 is 6.02. The van der Waals surface area contributed by atoms with Crippen LogP contribution in [0.3, 0.4) is 0 Å². The minimum Gasteiger partial charge on any atom is -0.339 e. The molecule has 7 heteroatoms. The topological polar surface area (TPSA) is 80.5 Å². The van der Waals surface area contributed by atoms with Crippen LogP contribution in [0, 0.1) is 6.92 Å². The third kappa shape index (κ3) is 3.13. The van der Waals surface area contributed by atoms with E-state index in [4.69, 9.17) is 16.7 Å². The van der Waals surface area contributed by atoms with Gasteiger partial charge in [-0.2, -0.15) is 0 Å². The Hall–Kier alpha value is -1.11. The Morgan fingerprint density at radius 2 is 1.85 bits per heavy atom. The Balaban J connectivity index is 2.42. The summed E-state index contributed by atoms with van der Waals surface area (Å²) in [5.74, 6) is -0.198. The molecule has 0 saturated carbocycles. The number of carbonyl (C=O) groups excluding carboxylic acids is 1. The Morgan fingerprint density at radius 3 is 2.40 bits per heavy atom. The first-order valence-corrected chi connectivity index (χ1v) is 8.35. The number of benzene rings is 1. The molecule has 1 aromatic carbocycles. The van der Waals surface area contributed by atoms with Crippen LogP contribution < -0.4 is 5.14 Å². The van der Waals surface area contributed by atoms with Crippen LogP contribution in [0.4, 0.5) is 0 Å². The van der Waals surface area contributed by atoms with Gasteiger partial charge in [-0.15, -0.1) is 0 Å². The standard InChI is InChI=1S/C13H17ClN2O3S/c1-9-11(14)7-10(8-12(9)20(15,18)19)13(17)16-5-3-2-4-6-16/h7-8H,2-6H2,1H3,(H2,15,18,19). The molecule has 0 atom stereocenters. The summed E-state index contributed by atoms with van der Waals surface area (Å²) in [5.41, 5.74) is 0.635. The third-order valence-corrected chi connectivity index (χ3v) is 4.92. The van der Waals surface area contributed by atoms with Crippen LogP contribution in [-0.2, 0) is 10.0 Å². The van der Waals surface area contributed by atoms with Crippen LogP contribution >= 0.6 is 11.6 Å². The van der Waals surface area contributed by atoms with Crippen molar-refractivity contribution in [3.05, 3.63) is 28.3 Å². The van der Waals surface area contributed by atoms with Gasteiger partial charge in [-0.1, -0.05) is 11.6 Å². The number of carbonyl (C=O) groups is 1. The number of likely N-dealkylation sites (tertiary alicyclic amines) is 1. The minimum atomic E-state index is -3.90. The second-order valence-electron chi connectivity index (χ2n) is 4.98. The quantitative estimate of drug-likeness (QED) is 0.905. The van der Waals surface area contributed by atoms with E-state index in [9.17, 15) is 13.2 Å². The molecule has 0 aromatic heterocycles. The van der Waals surface area contributed by atoms with Gasteiger partial charge < -0.3 is 4.90 Å². The zero-order chi connectivity index (χ0) is 14.9. The second kappa shape index (κ2) is 5.71. The molecule has 1 heterocycles. The first-order chi connectivity index (χ1) is 9.30. The highest BCUT2D eigenvalue weighted by atomic mass is 35.5. The predicted octanol–water partition coefficient (Wildman–Crippen LogP) is 1.92. The molecule has 1 amide bonds. The summed E-state index contributed by atoms with van der Waals surface area (Å²) in [7, 11) is -3.90. The Morgan fingerprint density at radius 1 is 1.25 bits per heavy atom. The van der Waals surface area contributed by atoms with Crippen LogP contribution in [0.5, 0.6) is 0 Å². The lowest BCUT2D eigenvalue weighted by Crippen LogP contribution is -2.35. The summed E-state index contributed by atoms with van der Waals surface area (Å²) in [4.78, 5) is 14.0. The van der Waals surface area contributed by atoms with Gasteiger partial charge >= 0.3 is 0 Å². The molecule has 5 nitrogen and oxygen atoms in total. The summed E-state index contributed by atoms with van der Waals surface area (Å²) in [5, 5.41) is 5.40. The molecule has 1 aliphatic rings. The minimum absolute atomic E-state index is 0.0923. The summed E-state index contributed by atoms with van der Waals surface area (Å²) in [6.07, 6.45) is 3.04. The van der Waals surface area contributed by atoms with E-state index in [-0.39, 0.29) is 21.4 Å². The van der Waals surface area contributed by atoms with Gasteiger partial charge in [-0.25, -0.2) is 13.6 Å². The van der Waals surface area contributed by atoms with E-state index in [0.717, 1.165) is 19.3 Å². The van der Waals surface area contributed by atoms with Crippen molar-refractivity contribution in [3.63, 3.8) is 0 Å². The smallest absolute Gasteiger partial charge is 0.253 e. The van der Waals surface area contributed by atoms with Crippen molar-refractivity contribution in [3.8, 4) is 0 Å². The summed E-state index contributed by atoms with van der Waals surface area (Å²) in [6.45, 7) is 2.95. The maximum absolute atomic E-state index is 12.4. The number of hydrogen-bond acceptors (Lipinski definition) is 3. The van der Waals surface area contributed by atoms with Gasteiger partial charge in [0.05, 0.1) is 4.90 Å². The lowest BCUT2D eigenvalue weighted by molar-refractivity contribution is 0.0724. The lowest BCUT2D eigenvalue weighted by atomic mass is 10.1. The molecule has 0 aliphatic carbocycles. The third-order valence-electron chi connectivity index (χ3n) is 3.49. The molecule has 2 rings (SSSR count). The first kappa shape index (κ1) is 15.3. The molecule has 110 valence electrons. The fourth-order valence-corrected chi connectivity index (χ4v) is 3.46. The molecule has 0 radical (unpaired) electrons. The number of sulfonamides is 1. The van der Waals surface area contributed by atoms with Crippen LogP contribution in [0.1, 0.15) is 35.2 Å². The second-order valence-corrected chi connectivity index (χ2v) is 6.92. The number of piperidine rings is 1. The van der Waals surface area contributed by atoms with Crippen molar-refractivity contribution >= 4 is 27.5 Å². The van der Waals surface area contributed by atoms with E-state index in [1.54, 1.807) is 11.8 Å². The van der Waals surface area contributed by atoms with E-state index in [0.29, 0.717) is 18.7 Å². The van der Waals surface area contributed by atoms with Gasteiger partial charge in [-0.05, 0) is 43.9 Å². The molecule has 2 N–H and O–H groups in total. The van der Waals surface area contributed by atoms with Crippen LogP contribution in [-0.4, -0.2) is 32.3 Å². The van der Waals surface area contributed by atoms with Crippen molar-refractivity contribution in [1.82, 2.24) is 4.90 Å². The van der Waals surface area contributed by atoms with Gasteiger partial charge in [0.2, 0.25) is 10.0 Å². The number of rotatable bonds is 2. The van der Waals surface area contributed by atoms with Crippen molar-refractivity contribution in [2.75, 3.05) is 13.1 Å². The summed E-state index contributed by atoms with van der Waals surface area (Å²) in [6, 6.07) is 2.82.